The fourth-order valence-corrected chi connectivity index (χ4v) is 3.87. The standard InChI is InChI=1S/C27H25ClN2O3/c1-27(2,3)33-26(32)22-15-21(28)11-10-20(22)13-19-9-12-24-23(14-19)29-16-25(31)30(24)17-18-7-5-4-6-8-18/h4-12,14-16H,13,17H2,1-3H3. The van der Waals surface area contributed by atoms with Crippen LogP contribution in [0.3, 0.4) is 0 Å². The van der Waals surface area contributed by atoms with Gasteiger partial charge >= 0.3 is 5.97 Å². The number of carbonyl (C=O) groups excluding carboxylic acids is 1. The first kappa shape index (κ1) is 22.7. The summed E-state index contributed by atoms with van der Waals surface area (Å²) in [5.74, 6) is -0.407. The zero-order valence-electron chi connectivity index (χ0n) is 18.8. The lowest BCUT2D eigenvalue weighted by Crippen LogP contribution is -2.24. The highest BCUT2D eigenvalue weighted by Gasteiger charge is 2.21. The van der Waals surface area contributed by atoms with Crippen molar-refractivity contribution in [1.82, 2.24) is 9.55 Å². The number of hydrogen-bond donors (Lipinski definition) is 0. The first-order chi connectivity index (χ1) is 15.7. The monoisotopic (exact) mass is 460 g/mol. The summed E-state index contributed by atoms with van der Waals surface area (Å²) in [5, 5.41) is 0.477. The third-order valence-electron chi connectivity index (χ3n) is 5.18. The quantitative estimate of drug-likeness (QED) is 0.361. The van der Waals surface area contributed by atoms with Crippen molar-refractivity contribution in [1.29, 1.82) is 0 Å². The Kier molecular flexibility index (Phi) is 6.34. The van der Waals surface area contributed by atoms with Gasteiger partial charge in [0.15, 0.2) is 0 Å². The van der Waals surface area contributed by atoms with Crippen molar-refractivity contribution >= 4 is 28.6 Å². The Morgan fingerprint density at radius 1 is 1.00 bits per heavy atom. The molecule has 0 spiro atoms. The van der Waals surface area contributed by atoms with Crippen molar-refractivity contribution in [3.05, 3.63) is 111 Å². The van der Waals surface area contributed by atoms with Gasteiger partial charge in [-0.3, -0.25) is 4.79 Å². The van der Waals surface area contributed by atoms with Gasteiger partial charge in [-0.05, 0) is 68.1 Å². The number of fused-ring (bicyclic) bond motifs is 1. The van der Waals surface area contributed by atoms with E-state index in [1.54, 1.807) is 16.7 Å². The Balaban J connectivity index is 1.68. The van der Waals surface area contributed by atoms with Gasteiger partial charge in [0.25, 0.3) is 5.56 Å². The van der Waals surface area contributed by atoms with E-state index in [1.165, 1.54) is 6.20 Å². The van der Waals surface area contributed by atoms with Crippen LogP contribution in [0.2, 0.25) is 5.02 Å². The van der Waals surface area contributed by atoms with Crippen LogP contribution in [0.25, 0.3) is 11.0 Å². The number of esters is 1. The van der Waals surface area contributed by atoms with Crippen LogP contribution in [0.4, 0.5) is 0 Å². The molecule has 0 aliphatic heterocycles. The SMILES string of the molecule is CC(C)(C)OC(=O)c1cc(Cl)ccc1Cc1ccc2c(c1)ncc(=O)n2Cc1ccccc1. The summed E-state index contributed by atoms with van der Waals surface area (Å²) in [5.41, 5.74) is 3.99. The average molecular weight is 461 g/mol. The molecule has 3 aromatic carbocycles. The summed E-state index contributed by atoms with van der Waals surface area (Å²) in [7, 11) is 0. The van der Waals surface area contributed by atoms with Crippen LogP contribution in [0.1, 0.15) is 47.8 Å². The van der Waals surface area contributed by atoms with E-state index in [2.05, 4.69) is 4.98 Å². The Labute approximate surface area is 197 Å². The zero-order chi connectivity index (χ0) is 23.6. The van der Waals surface area contributed by atoms with E-state index in [-0.39, 0.29) is 5.56 Å². The number of aromatic nitrogens is 2. The maximum Gasteiger partial charge on any atom is 0.338 e. The van der Waals surface area contributed by atoms with Crippen LogP contribution in [0, 0.1) is 0 Å². The smallest absolute Gasteiger partial charge is 0.338 e. The maximum atomic E-state index is 12.8. The predicted molar refractivity (Wildman–Crippen MR) is 131 cm³/mol. The third-order valence-corrected chi connectivity index (χ3v) is 5.41. The minimum Gasteiger partial charge on any atom is -0.456 e. The van der Waals surface area contributed by atoms with Gasteiger partial charge in [-0.25, -0.2) is 9.78 Å². The van der Waals surface area contributed by atoms with Crippen molar-refractivity contribution in [2.75, 3.05) is 0 Å². The van der Waals surface area contributed by atoms with Gasteiger partial charge in [-0.2, -0.15) is 0 Å². The molecule has 0 aliphatic rings. The lowest BCUT2D eigenvalue weighted by molar-refractivity contribution is 0.00685. The highest BCUT2D eigenvalue weighted by atomic mass is 35.5. The van der Waals surface area contributed by atoms with Gasteiger partial charge in [0.05, 0.1) is 29.3 Å². The second-order valence-electron chi connectivity index (χ2n) is 8.97. The molecule has 0 unspecified atom stereocenters. The van der Waals surface area contributed by atoms with Gasteiger partial charge in [0, 0.05) is 5.02 Å². The number of nitrogens with zero attached hydrogens (tertiary/aromatic N) is 2. The molecule has 4 aromatic rings. The molecule has 0 N–H and O–H groups in total. The Morgan fingerprint density at radius 3 is 2.48 bits per heavy atom. The van der Waals surface area contributed by atoms with Crippen LogP contribution in [0.5, 0.6) is 0 Å². The van der Waals surface area contributed by atoms with Crippen LogP contribution in [-0.4, -0.2) is 21.1 Å². The summed E-state index contributed by atoms with van der Waals surface area (Å²) in [4.78, 5) is 29.6. The molecule has 0 radical (unpaired) electrons. The number of rotatable bonds is 5. The topological polar surface area (TPSA) is 61.2 Å². The van der Waals surface area contributed by atoms with E-state index in [0.29, 0.717) is 23.6 Å². The molecule has 5 nitrogen and oxygen atoms in total. The summed E-state index contributed by atoms with van der Waals surface area (Å²) in [6.07, 6.45) is 1.85. The zero-order valence-corrected chi connectivity index (χ0v) is 19.6. The predicted octanol–water partition coefficient (Wildman–Crippen LogP) is 5.64. The van der Waals surface area contributed by atoms with Crippen LogP contribution in [-0.2, 0) is 17.7 Å². The molecular formula is C27H25ClN2O3. The van der Waals surface area contributed by atoms with Crippen molar-refractivity contribution in [2.24, 2.45) is 0 Å². The number of hydrogen-bond acceptors (Lipinski definition) is 4. The average Bonchev–Trinajstić information content (AvgIpc) is 2.76. The van der Waals surface area contributed by atoms with Crippen LogP contribution >= 0.6 is 11.6 Å². The molecule has 0 fully saturated rings. The Hall–Kier alpha value is -3.44. The van der Waals surface area contributed by atoms with Crippen molar-refractivity contribution in [2.45, 2.75) is 39.3 Å². The lowest BCUT2D eigenvalue weighted by Gasteiger charge is -2.20. The molecule has 1 aromatic heterocycles. The van der Waals surface area contributed by atoms with Crippen molar-refractivity contribution in [3.8, 4) is 0 Å². The van der Waals surface area contributed by atoms with Crippen LogP contribution < -0.4 is 5.56 Å². The summed E-state index contributed by atoms with van der Waals surface area (Å²) >= 11 is 6.16. The summed E-state index contributed by atoms with van der Waals surface area (Å²) in [6.45, 7) is 5.97. The minimum atomic E-state index is -0.605. The maximum absolute atomic E-state index is 12.8. The molecule has 33 heavy (non-hydrogen) atoms. The van der Waals surface area contributed by atoms with Gasteiger partial charge in [0.1, 0.15) is 5.60 Å². The largest absolute Gasteiger partial charge is 0.456 e. The van der Waals surface area contributed by atoms with Gasteiger partial charge < -0.3 is 9.30 Å². The van der Waals surface area contributed by atoms with Gasteiger partial charge in [0.2, 0.25) is 0 Å². The molecule has 0 atom stereocenters. The molecular weight excluding hydrogens is 436 g/mol. The molecule has 168 valence electrons. The van der Waals surface area contributed by atoms with E-state index in [1.807, 2.05) is 75.4 Å². The first-order valence-corrected chi connectivity index (χ1v) is 11.1. The Bertz CT molecular complexity index is 1370. The number of ether oxygens (including phenoxy) is 1. The second-order valence-corrected chi connectivity index (χ2v) is 9.41. The lowest BCUT2D eigenvalue weighted by atomic mass is 9.99. The van der Waals surface area contributed by atoms with E-state index in [0.717, 1.165) is 27.7 Å². The molecule has 4 rings (SSSR count). The third kappa shape index (κ3) is 5.49. The molecule has 0 saturated carbocycles. The van der Waals surface area contributed by atoms with Crippen molar-refractivity contribution < 1.29 is 9.53 Å². The fraction of sp³-hybridized carbons (Fsp3) is 0.222. The fourth-order valence-electron chi connectivity index (χ4n) is 3.70. The normalized spacial score (nSPS) is 11.5. The van der Waals surface area contributed by atoms with E-state index in [4.69, 9.17) is 16.3 Å². The summed E-state index contributed by atoms with van der Waals surface area (Å²) in [6, 6.07) is 20.9. The molecule has 0 aliphatic carbocycles. The number of halogens is 1. The number of carbonyl (C=O) groups is 1. The Morgan fingerprint density at radius 2 is 1.76 bits per heavy atom. The van der Waals surface area contributed by atoms with Crippen LogP contribution in [0.15, 0.2) is 77.7 Å². The molecule has 6 heteroatoms. The molecule has 0 amide bonds. The molecule has 1 heterocycles. The van der Waals surface area contributed by atoms with E-state index < -0.39 is 11.6 Å². The first-order valence-electron chi connectivity index (χ1n) is 10.7. The molecule has 0 saturated heterocycles. The second kappa shape index (κ2) is 9.20. The highest BCUT2D eigenvalue weighted by molar-refractivity contribution is 6.31. The van der Waals surface area contributed by atoms with E-state index in [9.17, 15) is 9.59 Å². The molecule has 0 bridgehead atoms. The van der Waals surface area contributed by atoms with Gasteiger partial charge in [-0.1, -0.05) is 54.1 Å². The highest BCUT2D eigenvalue weighted by Crippen LogP contribution is 2.23. The number of benzene rings is 3. The minimum absolute atomic E-state index is 0.149. The summed E-state index contributed by atoms with van der Waals surface area (Å²) < 4.78 is 7.28. The van der Waals surface area contributed by atoms with Gasteiger partial charge in [-0.15, -0.1) is 0 Å². The van der Waals surface area contributed by atoms with E-state index >= 15 is 0 Å². The van der Waals surface area contributed by atoms with Crippen molar-refractivity contribution in [3.63, 3.8) is 0 Å².